The summed E-state index contributed by atoms with van der Waals surface area (Å²) in [7, 11) is 1.71. The van der Waals surface area contributed by atoms with E-state index in [2.05, 4.69) is 24.4 Å². The highest BCUT2D eigenvalue weighted by molar-refractivity contribution is 7.22. The van der Waals surface area contributed by atoms with E-state index in [0.717, 1.165) is 42.3 Å². The first-order valence-electron chi connectivity index (χ1n) is 9.50. The minimum atomic E-state index is 0.889. The van der Waals surface area contributed by atoms with Crippen molar-refractivity contribution in [3.05, 3.63) is 35.5 Å². The molecular formula is C21H25N3OS. The molecule has 1 aliphatic rings. The summed E-state index contributed by atoms with van der Waals surface area (Å²) in [5.74, 6) is 0.889. The van der Waals surface area contributed by atoms with Gasteiger partial charge in [-0.05, 0) is 55.4 Å². The summed E-state index contributed by atoms with van der Waals surface area (Å²) in [6.07, 6.45) is 6.99. The number of nitrogens with one attached hydrogen (secondary N) is 1. The number of pyridine rings is 1. The first-order chi connectivity index (χ1) is 12.8. The van der Waals surface area contributed by atoms with E-state index in [1.54, 1.807) is 18.4 Å². The van der Waals surface area contributed by atoms with Gasteiger partial charge in [0.25, 0.3) is 0 Å². The topological polar surface area (TPSA) is 47.0 Å². The number of hydrogen-bond donors (Lipinski definition) is 1. The molecule has 0 saturated heterocycles. The molecule has 4 rings (SSSR count). The van der Waals surface area contributed by atoms with E-state index in [9.17, 15) is 0 Å². The van der Waals surface area contributed by atoms with E-state index in [-0.39, 0.29) is 0 Å². The van der Waals surface area contributed by atoms with Crippen molar-refractivity contribution in [1.82, 2.24) is 9.97 Å². The Morgan fingerprint density at radius 2 is 1.88 bits per heavy atom. The lowest BCUT2D eigenvalue weighted by Crippen LogP contribution is -2.00. The van der Waals surface area contributed by atoms with E-state index < -0.39 is 0 Å². The van der Waals surface area contributed by atoms with Crippen LogP contribution in [0.5, 0.6) is 5.75 Å². The molecule has 0 bridgehead atoms. The summed E-state index contributed by atoms with van der Waals surface area (Å²) in [5.41, 5.74) is 6.12. The molecule has 0 aliphatic heterocycles. The fraction of sp³-hybridized carbons (Fsp3) is 0.429. The average Bonchev–Trinajstić information content (AvgIpc) is 2.93. The van der Waals surface area contributed by atoms with Gasteiger partial charge in [0.2, 0.25) is 0 Å². The van der Waals surface area contributed by atoms with E-state index in [0.29, 0.717) is 0 Å². The molecule has 0 amide bonds. The Morgan fingerprint density at radius 3 is 2.65 bits per heavy atom. The van der Waals surface area contributed by atoms with Crippen LogP contribution in [0.1, 0.15) is 43.9 Å². The number of methoxy groups -OCH3 is 1. The summed E-state index contributed by atoms with van der Waals surface area (Å²) in [5, 5.41) is 4.41. The van der Waals surface area contributed by atoms with Gasteiger partial charge >= 0.3 is 0 Å². The highest BCUT2D eigenvalue weighted by Gasteiger charge is 2.21. The van der Waals surface area contributed by atoms with Crippen LogP contribution in [0.25, 0.3) is 21.5 Å². The maximum Gasteiger partial charge on any atom is 0.185 e. The van der Waals surface area contributed by atoms with E-state index in [1.807, 2.05) is 12.1 Å². The van der Waals surface area contributed by atoms with Gasteiger partial charge in [0.15, 0.2) is 10.8 Å². The van der Waals surface area contributed by atoms with Crippen molar-refractivity contribution in [2.75, 3.05) is 19.0 Å². The molecule has 0 spiro atoms. The molecule has 4 nitrogen and oxygen atoms in total. The van der Waals surface area contributed by atoms with Crippen molar-refractivity contribution in [3.8, 4) is 16.9 Å². The predicted molar refractivity (Wildman–Crippen MR) is 109 cm³/mol. The molecule has 0 saturated carbocycles. The third-order valence-electron chi connectivity index (χ3n) is 4.97. The van der Waals surface area contributed by atoms with E-state index in [1.165, 1.54) is 46.3 Å². The molecule has 0 radical (unpaired) electrons. The second-order valence-electron chi connectivity index (χ2n) is 6.80. The van der Waals surface area contributed by atoms with Crippen LogP contribution in [0, 0.1) is 0 Å². The van der Waals surface area contributed by atoms with Crippen LogP contribution in [-0.4, -0.2) is 23.6 Å². The molecule has 1 N–H and O–H groups in total. The van der Waals surface area contributed by atoms with Crippen LogP contribution in [-0.2, 0) is 12.8 Å². The highest BCUT2D eigenvalue weighted by atomic mass is 32.1. The molecular weight excluding hydrogens is 342 g/mol. The second-order valence-corrected chi connectivity index (χ2v) is 7.80. The molecule has 3 aromatic rings. The van der Waals surface area contributed by atoms with Gasteiger partial charge in [-0.25, -0.2) is 9.97 Å². The maximum atomic E-state index is 5.34. The van der Waals surface area contributed by atoms with Gasteiger partial charge in [-0.15, -0.1) is 0 Å². The average molecular weight is 368 g/mol. The van der Waals surface area contributed by atoms with Gasteiger partial charge in [-0.1, -0.05) is 36.8 Å². The highest BCUT2D eigenvalue weighted by Crippen LogP contribution is 2.40. The number of ether oxygens (including phenoxy) is 1. The predicted octanol–water partition coefficient (Wildman–Crippen LogP) is 5.46. The number of benzene rings is 1. The molecule has 1 aromatic carbocycles. The van der Waals surface area contributed by atoms with E-state index >= 15 is 0 Å². The van der Waals surface area contributed by atoms with Gasteiger partial charge in [-0.2, -0.15) is 0 Å². The van der Waals surface area contributed by atoms with Gasteiger partial charge in [0.05, 0.1) is 11.8 Å². The Bertz CT molecular complexity index is 902. The quantitative estimate of drug-likeness (QED) is 0.609. The zero-order valence-corrected chi connectivity index (χ0v) is 16.3. The molecule has 0 unspecified atom stereocenters. The number of thiazole rings is 1. The SMILES string of the molecule is CCCNc1nc2nc3c(c(-c4ccc(OC)cc4)c2s1)CCCCC3. The lowest BCUT2D eigenvalue weighted by atomic mass is 9.96. The van der Waals surface area contributed by atoms with Gasteiger partial charge in [-0.3, -0.25) is 0 Å². The number of rotatable bonds is 5. The van der Waals surface area contributed by atoms with Crippen molar-refractivity contribution in [3.63, 3.8) is 0 Å². The number of aromatic nitrogens is 2. The molecule has 2 heterocycles. The fourth-order valence-electron chi connectivity index (χ4n) is 3.64. The minimum Gasteiger partial charge on any atom is -0.497 e. The van der Waals surface area contributed by atoms with Crippen LogP contribution in [0.4, 0.5) is 5.13 Å². The molecule has 136 valence electrons. The number of anilines is 1. The minimum absolute atomic E-state index is 0.889. The maximum absolute atomic E-state index is 5.34. The molecule has 5 heteroatoms. The normalized spacial score (nSPS) is 14.1. The Kier molecular flexibility index (Phi) is 5.07. The fourth-order valence-corrected chi connectivity index (χ4v) is 4.67. The lowest BCUT2D eigenvalue weighted by Gasteiger charge is -2.13. The molecule has 1 aliphatic carbocycles. The third-order valence-corrected chi connectivity index (χ3v) is 5.99. The molecule has 2 aromatic heterocycles. The summed E-state index contributed by atoms with van der Waals surface area (Å²) in [4.78, 5) is 9.74. The Labute approximate surface area is 158 Å². The zero-order chi connectivity index (χ0) is 17.9. The first-order valence-corrected chi connectivity index (χ1v) is 10.3. The van der Waals surface area contributed by atoms with Gasteiger partial charge in [0, 0.05) is 17.8 Å². The van der Waals surface area contributed by atoms with Gasteiger partial charge < -0.3 is 10.1 Å². The third kappa shape index (κ3) is 3.28. The standard InChI is InChI=1S/C21H25N3OS/c1-3-13-22-21-24-20-19(26-21)18(14-9-11-15(25-2)12-10-14)16-7-5-4-6-8-17(16)23-20/h9-12H,3-8,13H2,1-2H3,(H,22,23,24). The number of fused-ring (bicyclic) bond motifs is 2. The van der Waals surface area contributed by atoms with Crippen molar-refractivity contribution < 1.29 is 4.74 Å². The van der Waals surface area contributed by atoms with E-state index in [4.69, 9.17) is 14.7 Å². The summed E-state index contributed by atoms with van der Waals surface area (Å²) >= 11 is 1.73. The summed E-state index contributed by atoms with van der Waals surface area (Å²) in [6.45, 7) is 3.11. The molecule has 0 fully saturated rings. The Morgan fingerprint density at radius 1 is 1.08 bits per heavy atom. The van der Waals surface area contributed by atoms with Crippen LogP contribution in [0.2, 0.25) is 0 Å². The molecule has 26 heavy (non-hydrogen) atoms. The summed E-state index contributed by atoms with van der Waals surface area (Å²) in [6, 6.07) is 8.42. The smallest absolute Gasteiger partial charge is 0.185 e. The Hall–Kier alpha value is -2.14. The lowest BCUT2D eigenvalue weighted by molar-refractivity contribution is 0.415. The van der Waals surface area contributed by atoms with Crippen molar-refractivity contribution >= 4 is 26.8 Å². The Balaban J connectivity index is 1.90. The van der Waals surface area contributed by atoms with Gasteiger partial charge in [0.1, 0.15) is 5.75 Å². The van der Waals surface area contributed by atoms with Crippen molar-refractivity contribution in [1.29, 1.82) is 0 Å². The van der Waals surface area contributed by atoms with Crippen molar-refractivity contribution in [2.45, 2.75) is 45.4 Å². The number of aryl methyl sites for hydroxylation is 1. The summed E-state index contributed by atoms with van der Waals surface area (Å²) < 4.78 is 6.54. The van der Waals surface area contributed by atoms with Crippen molar-refractivity contribution in [2.24, 2.45) is 0 Å². The zero-order valence-electron chi connectivity index (χ0n) is 15.5. The second kappa shape index (κ2) is 7.62. The largest absolute Gasteiger partial charge is 0.497 e. The number of nitrogens with zero attached hydrogens (tertiary/aromatic N) is 2. The van der Waals surface area contributed by atoms with Crippen LogP contribution in [0.15, 0.2) is 24.3 Å². The molecule has 0 atom stereocenters. The van der Waals surface area contributed by atoms with Crippen LogP contribution < -0.4 is 10.1 Å². The first kappa shape index (κ1) is 17.3. The monoisotopic (exact) mass is 367 g/mol. The number of hydrogen-bond acceptors (Lipinski definition) is 5. The van der Waals surface area contributed by atoms with Crippen LogP contribution in [0.3, 0.4) is 0 Å². The van der Waals surface area contributed by atoms with Crippen LogP contribution >= 0.6 is 11.3 Å².